The third-order valence-electron chi connectivity index (χ3n) is 3.12. The van der Waals surface area contributed by atoms with Gasteiger partial charge < -0.3 is 19.8 Å². The number of carboxylic acids is 1. The second-order valence-corrected chi connectivity index (χ2v) is 5.95. The Labute approximate surface area is 144 Å². The van der Waals surface area contributed by atoms with Crippen LogP contribution in [-0.4, -0.2) is 27.6 Å². The molecule has 2 N–H and O–H groups in total. The number of nitrogens with zero attached hydrogens (tertiary/aromatic N) is 2. The van der Waals surface area contributed by atoms with Crippen molar-refractivity contribution in [2.24, 2.45) is 0 Å². The lowest BCUT2D eigenvalue weighted by Gasteiger charge is -2.29. The van der Waals surface area contributed by atoms with Gasteiger partial charge in [0, 0.05) is 11.5 Å². The number of carboxylic acid groups (broad SMARTS) is 1. The summed E-state index contributed by atoms with van der Waals surface area (Å²) in [5.74, 6) is -3.20. The summed E-state index contributed by atoms with van der Waals surface area (Å²) in [5, 5.41) is 16.3. The van der Waals surface area contributed by atoms with Crippen molar-refractivity contribution in [3.63, 3.8) is 0 Å². The maximum Gasteiger partial charge on any atom is 0.394 e. The van der Waals surface area contributed by atoms with Crippen LogP contribution in [0.4, 0.5) is 10.1 Å². The second-order valence-electron chi connectivity index (χ2n) is 4.59. The van der Waals surface area contributed by atoms with Gasteiger partial charge >= 0.3 is 11.9 Å². The molecule has 1 atom stereocenters. The molecule has 0 saturated carbocycles. The molecule has 2 heterocycles. The molecule has 1 aromatic carbocycles. The minimum atomic E-state index is -1.65. The number of hydrogen-bond donors (Lipinski definition) is 2. The summed E-state index contributed by atoms with van der Waals surface area (Å²) in [4.78, 5) is 23.6. The third kappa shape index (κ3) is 2.95. The predicted molar refractivity (Wildman–Crippen MR) is 85.5 cm³/mol. The van der Waals surface area contributed by atoms with Gasteiger partial charge in [-0.2, -0.15) is 0 Å². The molecule has 0 radical (unpaired) electrons. The summed E-state index contributed by atoms with van der Waals surface area (Å²) in [6.45, 7) is 0. The normalized spacial score (nSPS) is 16.8. The fourth-order valence-electron chi connectivity index (χ4n) is 2.13. The number of para-hydroxylation sites is 1. The van der Waals surface area contributed by atoms with Crippen LogP contribution in [0, 0.1) is 5.82 Å². The molecule has 1 aliphatic heterocycles. The topological polar surface area (TPSA) is 95.7 Å². The van der Waals surface area contributed by atoms with Gasteiger partial charge in [0.25, 0.3) is 0 Å². The van der Waals surface area contributed by atoms with Crippen LogP contribution >= 0.6 is 23.4 Å². The van der Waals surface area contributed by atoms with Crippen molar-refractivity contribution in [3.05, 3.63) is 52.5 Å². The Hall–Kier alpha value is -2.52. The predicted octanol–water partition coefficient (Wildman–Crippen LogP) is 2.50. The highest BCUT2D eigenvalue weighted by atomic mass is 35.5. The summed E-state index contributed by atoms with van der Waals surface area (Å²) >= 11 is 7.18. The average molecular weight is 370 g/mol. The quantitative estimate of drug-likeness (QED) is 0.802. The van der Waals surface area contributed by atoms with Crippen molar-refractivity contribution < 1.29 is 23.6 Å². The summed E-state index contributed by atoms with van der Waals surface area (Å²) in [5.41, 5.74) is -0.536. The molecule has 24 heavy (non-hydrogen) atoms. The first kappa shape index (κ1) is 16.3. The number of halogens is 2. The Kier molecular flexibility index (Phi) is 4.45. The van der Waals surface area contributed by atoms with Crippen molar-refractivity contribution in [1.29, 1.82) is 0 Å². The number of rotatable bonds is 3. The third-order valence-corrected chi connectivity index (χ3v) is 4.37. The van der Waals surface area contributed by atoms with Crippen LogP contribution in [0.15, 0.2) is 40.4 Å². The first-order chi connectivity index (χ1) is 11.5. The number of aliphatic carboxylic acids is 1. The molecule has 10 heteroatoms. The number of carbonyl (C=O) groups excluding carboxylic acids is 1. The van der Waals surface area contributed by atoms with Gasteiger partial charge in [-0.25, -0.2) is 9.18 Å². The zero-order valence-electron chi connectivity index (χ0n) is 11.8. The molecule has 1 aliphatic rings. The van der Waals surface area contributed by atoms with E-state index in [4.69, 9.17) is 21.2 Å². The van der Waals surface area contributed by atoms with Crippen molar-refractivity contribution in [1.82, 2.24) is 10.5 Å². The SMILES string of the molecule is O=C(O)C(=O)NC1SC=C(c2ccno2)N1c1c(F)cccc1Cl. The van der Waals surface area contributed by atoms with Crippen molar-refractivity contribution >= 4 is 46.6 Å². The van der Waals surface area contributed by atoms with E-state index in [1.54, 1.807) is 11.5 Å². The first-order valence-corrected chi connectivity index (χ1v) is 7.85. The molecule has 1 unspecified atom stereocenters. The molecule has 2 aromatic rings. The highest BCUT2D eigenvalue weighted by Gasteiger charge is 2.35. The molecule has 0 saturated heterocycles. The van der Waals surface area contributed by atoms with Crippen LogP contribution in [-0.2, 0) is 9.59 Å². The standard InChI is InChI=1S/C14H9ClFN3O4S/c15-7-2-1-3-8(16)11(7)19-9(10-4-5-17-23-10)6-24-14(19)18-12(20)13(21)22/h1-6,14H,(H,18,20)(H,21,22). The van der Waals surface area contributed by atoms with E-state index in [2.05, 4.69) is 10.5 Å². The minimum absolute atomic E-state index is 0.0116. The lowest BCUT2D eigenvalue weighted by Crippen LogP contribution is -2.45. The Bertz CT molecular complexity index is 807. The maximum absolute atomic E-state index is 14.3. The van der Waals surface area contributed by atoms with Gasteiger partial charge in [0.15, 0.2) is 11.3 Å². The summed E-state index contributed by atoms with van der Waals surface area (Å²) in [7, 11) is 0. The van der Waals surface area contributed by atoms with E-state index in [-0.39, 0.29) is 10.7 Å². The van der Waals surface area contributed by atoms with Crippen molar-refractivity contribution in [2.45, 2.75) is 5.50 Å². The van der Waals surface area contributed by atoms with E-state index < -0.39 is 23.2 Å². The molecule has 1 amide bonds. The van der Waals surface area contributed by atoms with E-state index in [9.17, 15) is 14.0 Å². The summed E-state index contributed by atoms with van der Waals surface area (Å²) in [6, 6.07) is 5.68. The van der Waals surface area contributed by atoms with E-state index in [0.29, 0.717) is 11.5 Å². The zero-order valence-corrected chi connectivity index (χ0v) is 13.3. The largest absolute Gasteiger partial charge is 0.474 e. The Morgan fingerprint density at radius 3 is 2.83 bits per heavy atom. The molecule has 124 valence electrons. The van der Waals surface area contributed by atoms with Gasteiger partial charge in [0.1, 0.15) is 5.82 Å². The van der Waals surface area contributed by atoms with Gasteiger partial charge in [-0.15, -0.1) is 0 Å². The minimum Gasteiger partial charge on any atom is -0.474 e. The number of amides is 1. The van der Waals surface area contributed by atoms with Crippen molar-refractivity contribution in [2.75, 3.05) is 4.90 Å². The molecule has 0 bridgehead atoms. The van der Waals surface area contributed by atoms with Gasteiger partial charge in [-0.05, 0) is 12.1 Å². The maximum atomic E-state index is 14.3. The van der Waals surface area contributed by atoms with Crippen LogP contribution in [0.1, 0.15) is 5.76 Å². The lowest BCUT2D eigenvalue weighted by atomic mass is 10.2. The molecular weight excluding hydrogens is 361 g/mol. The summed E-state index contributed by atoms with van der Waals surface area (Å²) < 4.78 is 19.4. The van der Waals surface area contributed by atoms with Crippen LogP contribution < -0.4 is 10.2 Å². The number of hydrogen-bond acceptors (Lipinski definition) is 6. The number of anilines is 1. The van der Waals surface area contributed by atoms with Crippen LogP contribution in [0.5, 0.6) is 0 Å². The van der Waals surface area contributed by atoms with E-state index >= 15 is 0 Å². The second kappa shape index (κ2) is 6.54. The van der Waals surface area contributed by atoms with Gasteiger partial charge in [-0.1, -0.05) is 34.6 Å². The van der Waals surface area contributed by atoms with Gasteiger partial charge in [0.05, 0.1) is 22.6 Å². The fraction of sp³-hybridized carbons (Fsp3) is 0.0714. The molecule has 0 aliphatic carbocycles. The smallest absolute Gasteiger partial charge is 0.394 e. The number of nitrogens with one attached hydrogen (secondary N) is 1. The van der Waals surface area contributed by atoms with Gasteiger partial charge in [0.2, 0.25) is 0 Å². The number of benzene rings is 1. The monoisotopic (exact) mass is 369 g/mol. The average Bonchev–Trinajstić information content (AvgIpc) is 3.17. The molecule has 3 rings (SSSR count). The Morgan fingerprint density at radius 2 is 2.21 bits per heavy atom. The number of aromatic nitrogens is 1. The highest BCUT2D eigenvalue weighted by molar-refractivity contribution is 8.03. The van der Waals surface area contributed by atoms with Gasteiger partial charge in [-0.3, -0.25) is 4.79 Å². The number of thioether (sulfide) groups is 1. The molecule has 1 aromatic heterocycles. The van der Waals surface area contributed by atoms with Crippen molar-refractivity contribution in [3.8, 4) is 0 Å². The highest BCUT2D eigenvalue weighted by Crippen LogP contribution is 2.43. The Balaban J connectivity index is 2.04. The zero-order chi connectivity index (χ0) is 17.3. The van der Waals surface area contributed by atoms with E-state index in [0.717, 1.165) is 11.8 Å². The fourth-order valence-corrected chi connectivity index (χ4v) is 3.38. The molecular formula is C14H9ClFN3O4S. The molecule has 0 spiro atoms. The molecule has 7 nitrogen and oxygen atoms in total. The van der Waals surface area contributed by atoms with E-state index in [1.807, 2.05) is 0 Å². The van der Waals surface area contributed by atoms with Crippen LogP contribution in [0.3, 0.4) is 0 Å². The summed E-state index contributed by atoms with van der Waals surface area (Å²) in [6.07, 6.45) is 1.41. The Morgan fingerprint density at radius 1 is 1.42 bits per heavy atom. The number of carbonyl (C=O) groups is 2. The first-order valence-electron chi connectivity index (χ1n) is 6.52. The molecule has 0 fully saturated rings. The van der Waals surface area contributed by atoms with Crippen LogP contribution in [0.2, 0.25) is 5.02 Å². The van der Waals surface area contributed by atoms with Crippen LogP contribution in [0.25, 0.3) is 5.70 Å². The van der Waals surface area contributed by atoms with E-state index in [1.165, 1.54) is 29.3 Å². The lowest BCUT2D eigenvalue weighted by molar-refractivity contribution is -0.150.